The van der Waals surface area contributed by atoms with Crippen LogP contribution in [0.1, 0.15) is 0 Å². The molecule has 5 aromatic rings. The van der Waals surface area contributed by atoms with Crippen molar-refractivity contribution in [2.75, 3.05) is 21.3 Å². The first kappa shape index (κ1) is 22.5. The first-order valence-electron chi connectivity index (χ1n) is 10.2. The van der Waals surface area contributed by atoms with E-state index in [9.17, 15) is 0 Å². The Morgan fingerprint density at radius 1 is 0.758 bits per heavy atom. The largest absolute Gasteiger partial charge is 0.493 e. The van der Waals surface area contributed by atoms with Crippen LogP contribution in [0.4, 0.5) is 0 Å². The third kappa shape index (κ3) is 4.07. The molecule has 3 aromatic carbocycles. The van der Waals surface area contributed by atoms with Gasteiger partial charge < -0.3 is 23.6 Å². The summed E-state index contributed by atoms with van der Waals surface area (Å²) in [4.78, 5) is 8.20. The summed E-state index contributed by atoms with van der Waals surface area (Å²) < 4.78 is 23.0. The average molecular weight is 507 g/mol. The minimum atomic E-state index is 0. The molecule has 0 bridgehead atoms. The number of hydrogen-bond donors (Lipinski definition) is 1. The molecule has 5 rings (SSSR count). The van der Waals surface area contributed by atoms with Crippen molar-refractivity contribution in [3.05, 3.63) is 72.8 Å². The van der Waals surface area contributed by atoms with Crippen molar-refractivity contribution in [1.29, 1.82) is 0 Å². The van der Waals surface area contributed by atoms with Gasteiger partial charge in [-0.05, 0) is 30.3 Å². The van der Waals surface area contributed by atoms with Crippen LogP contribution in [0.5, 0.6) is 17.2 Å². The Morgan fingerprint density at radius 2 is 1.42 bits per heavy atom. The van der Waals surface area contributed by atoms with E-state index in [1.54, 1.807) is 21.3 Å². The van der Waals surface area contributed by atoms with Gasteiger partial charge in [-0.2, -0.15) is 0 Å². The second-order valence-corrected chi connectivity index (χ2v) is 7.24. The number of aromatic amines is 1. The predicted molar refractivity (Wildman–Crippen MR) is 135 cm³/mol. The minimum Gasteiger partial charge on any atom is -0.493 e. The highest BCUT2D eigenvalue weighted by Gasteiger charge is 2.22. The lowest BCUT2D eigenvalue weighted by Crippen LogP contribution is -1.95. The molecule has 0 aliphatic heterocycles. The maximum atomic E-state index is 6.40. The first-order valence-corrected chi connectivity index (χ1v) is 10.2. The van der Waals surface area contributed by atoms with Crippen molar-refractivity contribution in [3.8, 4) is 51.3 Å². The molecule has 0 aliphatic carbocycles. The van der Waals surface area contributed by atoms with Gasteiger partial charge in [-0.3, -0.25) is 0 Å². The van der Waals surface area contributed by atoms with E-state index in [2.05, 4.69) is 4.98 Å². The Morgan fingerprint density at radius 3 is 2.06 bits per heavy atom. The quantitative estimate of drug-likeness (QED) is 0.275. The molecule has 168 valence electrons. The van der Waals surface area contributed by atoms with E-state index >= 15 is 0 Å². The highest BCUT2D eigenvalue weighted by atomic mass is 79.9. The van der Waals surface area contributed by atoms with Crippen LogP contribution in [0.2, 0.25) is 0 Å². The van der Waals surface area contributed by atoms with Gasteiger partial charge in [0.15, 0.2) is 11.5 Å². The Bertz CT molecular complexity index is 1330. The van der Waals surface area contributed by atoms with Crippen LogP contribution >= 0.6 is 17.0 Å². The molecule has 0 spiro atoms. The molecule has 7 heteroatoms. The number of nitrogens with zero attached hydrogens (tertiary/aromatic N) is 1. The van der Waals surface area contributed by atoms with Gasteiger partial charge in [0, 0.05) is 11.1 Å². The predicted octanol–water partition coefficient (Wildman–Crippen LogP) is 6.76. The number of furan rings is 1. The van der Waals surface area contributed by atoms with E-state index in [4.69, 9.17) is 23.6 Å². The zero-order valence-corrected chi connectivity index (χ0v) is 20.1. The minimum absolute atomic E-state index is 0. The van der Waals surface area contributed by atoms with Crippen molar-refractivity contribution in [2.45, 2.75) is 0 Å². The van der Waals surface area contributed by atoms with E-state index in [1.807, 2.05) is 72.8 Å². The molecule has 0 aliphatic rings. The second-order valence-electron chi connectivity index (χ2n) is 7.24. The van der Waals surface area contributed by atoms with Crippen LogP contribution in [-0.2, 0) is 0 Å². The number of hydrogen-bond acceptors (Lipinski definition) is 5. The van der Waals surface area contributed by atoms with Gasteiger partial charge in [0.2, 0.25) is 5.75 Å². The topological polar surface area (TPSA) is 69.5 Å². The molecule has 0 radical (unpaired) electrons. The zero-order valence-electron chi connectivity index (χ0n) is 18.4. The second kappa shape index (κ2) is 9.42. The summed E-state index contributed by atoms with van der Waals surface area (Å²) in [7, 11) is 4.78. The van der Waals surface area contributed by atoms with Crippen molar-refractivity contribution in [3.63, 3.8) is 0 Å². The SMILES string of the molecule is Br.COc1cc(-c2oc(-c3ccccc3)cc2-c2nc3ccccc3[nH]2)cc(OC)c1OC. The number of imidazole rings is 1. The smallest absolute Gasteiger partial charge is 0.203 e. The highest BCUT2D eigenvalue weighted by Crippen LogP contribution is 2.45. The zero-order chi connectivity index (χ0) is 22.1. The number of rotatable bonds is 6. The fourth-order valence-corrected chi connectivity index (χ4v) is 3.82. The summed E-state index contributed by atoms with van der Waals surface area (Å²) in [5.41, 5.74) is 4.46. The van der Waals surface area contributed by atoms with Crippen molar-refractivity contribution in [1.82, 2.24) is 9.97 Å². The maximum absolute atomic E-state index is 6.40. The lowest BCUT2D eigenvalue weighted by molar-refractivity contribution is 0.324. The van der Waals surface area contributed by atoms with Crippen molar-refractivity contribution >= 4 is 28.0 Å². The van der Waals surface area contributed by atoms with Crippen LogP contribution in [-0.4, -0.2) is 31.3 Å². The maximum Gasteiger partial charge on any atom is 0.203 e. The summed E-state index contributed by atoms with van der Waals surface area (Å²) in [6.45, 7) is 0. The summed E-state index contributed by atoms with van der Waals surface area (Å²) in [6.07, 6.45) is 0. The number of fused-ring (bicyclic) bond motifs is 1. The fourth-order valence-electron chi connectivity index (χ4n) is 3.82. The van der Waals surface area contributed by atoms with Gasteiger partial charge in [-0.25, -0.2) is 4.98 Å². The van der Waals surface area contributed by atoms with Crippen LogP contribution in [0, 0.1) is 0 Å². The van der Waals surface area contributed by atoms with Gasteiger partial charge in [0.25, 0.3) is 0 Å². The van der Waals surface area contributed by atoms with Crippen LogP contribution < -0.4 is 14.2 Å². The molecule has 0 fully saturated rings. The number of ether oxygens (including phenoxy) is 3. The number of halogens is 1. The van der Waals surface area contributed by atoms with Crippen LogP contribution in [0.3, 0.4) is 0 Å². The third-order valence-electron chi connectivity index (χ3n) is 5.36. The lowest BCUT2D eigenvalue weighted by Gasteiger charge is -2.13. The van der Waals surface area contributed by atoms with E-state index in [1.165, 1.54) is 0 Å². The molecule has 0 amide bonds. The molecule has 0 atom stereocenters. The number of H-pyrrole nitrogens is 1. The molecule has 6 nitrogen and oxygen atoms in total. The highest BCUT2D eigenvalue weighted by molar-refractivity contribution is 8.93. The molecule has 2 heterocycles. The number of nitrogens with one attached hydrogen (secondary N) is 1. The molecule has 0 saturated heterocycles. The van der Waals surface area contributed by atoms with Gasteiger partial charge in [0.05, 0.1) is 37.9 Å². The van der Waals surface area contributed by atoms with E-state index < -0.39 is 0 Å². The molecular weight excluding hydrogens is 484 g/mol. The monoisotopic (exact) mass is 506 g/mol. The molecule has 2 aromatic heterocycles. The van der Waals surface area contributed by atoms with Crippen molar-refractivity contribution in [2.24, 2.45) is 0 Å². The Labute approximate surface area is 201 Å². The summed E-state index contributed by atoms with van der Waals surface area (Å²) in [5.74, 6) is 3.75. The number of para-hydroxylation sites is 2. The van der Waals surface area contributed by atoms with E-state index in [0.29, 0.717) is 23.0 Å². The first-order chi connectivity index (χ1) is 15.7. The molecular formula is C26H23BrN2O4. The van der Waals surface area contributed by atoms with E-state index in [0.717, 1.165) is 39.3 Å². The Hall–Kier alpha value is -3.71. The van der Waals surface area contributed by atoms with Crippen LogP contribution in [0.25, 0.3) is 45.1 Å². The van der Waals surface area contributed by atoms with Crippen molar-refractivity contribution < 1.29 is 18.6 Å². The van der Waals surface area contributed by atoms with Gasteiger partial charge in [0.1, 0.15) is 17.3 Å². The lowest BCUT2D eigenvalue weighted by atomic mass is 10.1. The number of aromatic nitrogens is 2. The third-order valence-corrected chi connectivity index (χ3v) is 5.36. The standard InChI is InChI=1S/C26H22N2O4.BrH/c1-29-22-13-17(14-23(30-2)25(22)31-3)24-18(15-21(32-24)16-9-5-4-6-10-16)26-27-19-11-7-8-12-20(19)28-26;/h4-15H,1-3H3,(H,27,28);1H. The average Bonchev–Trinajstić information content (AvgIpc) is 3.48. The van der Waals surface area contributed by atoms with E-state index in [-0.39, 0.29) is 17.0 Å². The Kier molecular flexibility index (Phi) is 6.42. The van der Waals surface area contributed by atoms with Gasteiger partial charge in [-0.1, -0.05) is 42.5 Å². The fraction of sp³-hybridized carbons (Fsp3) is 0.115. The normalized spacial score (nSPS) is 10.6. The van der Waals surface area contributed by atoms with Gasteiger partial charge in [-0.15, -0.1) is 17.0 Å². The summed E-state index contributed by atoms with van der Waals surface area (Å²) in [6, 6.07) is 23.7. The molecule has 0 unspecified atom stereocenters. The Balaban J connectivity index is 0.00000259. The molecule has 1 N–H and O–H groups in total. The summed E-state index contributed by atoms with van der Waals surface area (Å²) >= 11 is 0. The van der Waals surface area contributed by atoms with Gasteiger partial charge >= 0.3 is 0 Å². The molecule has 33 heavy (non-hydrogen) atoms. The number of benzene rings is 3. The molecule has 0 saturated carbocycles. The summed E-state index contributed by atoms with van der Waals surface area (Å²) in [5, 5.41) is 0. The van der Waals surface area contributed by atoms with Crippen LogP contribution in [0.15, 0.2) is 77.2 Å². The number of methoxy groups -OCH3 is 3.